The molecule has 0 radical (unpaired) electrons. The standard InChI is InChI=1S/C18H16N4O4S/c23-15(24)9-27-18-20-16(21-22-18)14-8-7-13(26-14)10-1-3-11(4-2-10)17(25)19-12-5-6-12/h1-4,7-8,12H,5-6,9H2,(H,19,25)(H,23,24)(H,20,21,22). The van der Waals surface area contributed by atoms with Crippen molar-refractivity contribution in [2.75, 3.05) is 5.75 Å². The fourth-order valence-corrected chi connectivity index (χ4v) is 2.97. The van der Waals surface area contributed by atoms with Crippen LogP contribution in [0.1, 0.15) is 23.2 Å². The van der Waals surface area contributed by atoms with E-state index < -0.39 is 5.97 Å². The number of aromatic amines is 1. The molecule has 1 fully saturated rings. The molecule has 27 heavy (non-hydrogen) atoms. The molecule has 2 heterocycles. The Labute approximate surface area is 158 Å². The van der Waals surface area contributed by atoms with Gasteiger partial charge in [0.1, 0.15) is 5.76 Å². The van der Waals surface area contributed by atoms with Gasteiger partial charge in [0.15, 0.2) is 11.6 Å². The van der Waals surface area contributed by atoms with E-state index in [2.05, 4.69) is 20.5 Å². The Morgan fingerprint density at radius 2 is 1.93 bits per heavy atom. The molecule has 1 aliphatic rings. The first-order chi connectivity index (χ1) is 13.1. The second-order valence-corrected chi connectivity index (χ2v) is 7.08. The van der Waals surface area contributed by atoms with Gasteiger partial charge in [0, 0.05) is 17.2 Å². The summed E-state index contributed by atoms with van der Waals surface area (Å²) in [5.74, 6) is 0.458. The number of nitrogens with zero attached hydrogens (tertiary/aromatic N) is 2. The van der Waals surface area contributed by atoms with E-state index in [9.17, 15) is 9.59 Å². The van der Waals surface area contributed by atoms with Crippen LogP contribution in [-0.4, -0.2) is 44.0 Å². The van der Waals surface area contributed by atoms with Gasteiger partial charge in [-0.3, -0.25) is 14.7 Å². The molecule has 8 nitrogen and oxygen atoms in total. The van der Waals surface area contributed by atoms with E-state index in [-0.39, 0.29) is 11.7 Å². The lowest BCUT2D eigenvalue weighted by Crippen LogP contribution is -2.25. The van der Waals surface area contributed by atoms with Crippen LogP contribution in [0, 0.1) is 0 Å². The largest absolute Gasteiger partial charge is 0.481 e. The Morgan fingerprint density at radius 1 is 1.19 bits per heavy atom. The highest BCUT2D eigenvalue weighted by atomic mass is 32.2. The summed E-state index contributed by atoms with van der Waals surface area (Å²) in [6.45, 7) is 0. The number of benzene rings is 1. The molecule has 138 valence electrons. The number of aromatic nitrogens is 3. The molecule has 0 unspecified atom stereocenters. The monoisotopic (exact) mass is 384 g/mol. The van der Waals surface area contributed by atoms with Crippen LogP contribution in [0.5, 0.6) is 0 Å². The Hall–Kier alpha value is -3.07. The lowest BCUT2D eigenvalue weighted by molar-refractivity contribution is -0.133. The zero-order chi connectivity index (χ0) is 18.8. The number of carbonyl (C=O) groups excluding carboxylic acids is 1. The van der Waals surface area contributed by atoms with Crippen LogP contribution in [0.2, 0.25) is 0 Å². The highest BCUT2D eigenvalue weighted by molar-refractivity contribution is 7.99. The highest BCUT2D eigenvalue weighted by Crippen LogP contribution is 2.28. The van der Waals surface area contributed by atoms with E-state index in [0.29, 0.717) is 34.1 Å². The number of carboxylic acid groups (broad SMARTS) is 1. The number of carboxylic acids is 1. The number of furan rings is 1. The second-order valence-electron chi connectivity index (χ2n) is 6.14. The van der Waals surface area contributed by atoms with E-state index >= 15 is 0 Å². The van der Waals surface area contributed by atoms with Crippen molar-refractivity contribution in [1.82, 2.24) is 20.5 Å². The molecule has 1 saturated carbocycles. The average molecular weight is 384 g/mol. The number of hydrogen-bond acceptors (Lipinski definition) is 6. The van der Waals surface area contributed by atoms with Crippen molar-refractivity contribution >= 4 is 23.6 Å². The van der Waals surface area contributed by atoms with Crippen LogP contribution < -0.4 is 5.32 Å². The summed E-state index contributed by atoms with van der Waals surface area (Å²) in [6.07, 6.45) is 2.11. The van der Waals surface area contributed by atoms with Crippen molar-refractivity contribution in [3.05, 3.63) is 42.0 Å². The van der Waals surface area contributed by atoms with Gasteiger partial charge < -0.3 is 14.8 Å². The molecule has 0 saturated heterocycles. The molecule has 0 bridgehead atoms. The van der Waals surface area contributed by atoms with Gasteiger partial charge in [0.25, 0.3) is 5.91 Å². The Bertz CT molecular complexity index is 975. The normalized spacial score (nSPS) is 13.5. The predicted octanol–water partition coefficient (Wildman–Crippen LogP) is 2.80. The van der Waals surface area contributed by atoms with Gasteiger partial charge in [0.05, 0.1) is 5.75 Å². The molecule has 1 amide bonds. The predicted molar refractivity (Wildman–Crippen MR) is 98.4 cm³/mol. The second kappa shape index (κ2) is 7.28. The van der Waals surface area contributed by atoms with Crippen LogP contribution in [0.15, 0.2) is 46.0 Å². The van der Waals surface area contributed by atoms with E-state index in [4.69, 9.17) is 9.52 Å². The molecule has 0 spiro atoms. The maximum absolute atomic E-state index is 12.0. The zero-order valence-electron chi connectivity index (χ0n) is 14.1. The van der Waals surface area contributed by atoms with E-state index in [1.54, 1.807) is 24.3 Å². The van der Waals surface area contributed by atoms with E-state index in [0.717, 1.165) is 30.2 Å². The summed E-state index contributed by atoms with van der Waals surface area (Å²) in [7, 11) is 0. The minimum Gasteiger partial charge on any atom is -0.481 e. The molecule has 1 aliphatic carbocycles. The summed E-state index contributed by atoms with van der Waals surface area (Å²) in [4.78, 5) is 26.9. The minimum atomic E-state index is -0.930. The first kappa shape index (κ1) is 17.3. The van der Waals surface area contributed by atoms with Crippen molar-refractivity contribution in [2.24, 2.45) is 0 Å². The number of amides is 1. The van der Waals surface area contributed by atoms with E-state index in [1.807, 2.05) is 12.1 Å². The molecule has 0 atom stereocenters. The van der Waals surface area contributed by atoms with Crippen LogP contribution in [0.3, 0.4) is 0 Å². The SMILES string of the molecule is O=C(O)CSc1n[nH]c(-c2ccc(-c3ccc(C(=O)NC4CC4)cc3)o2)n1. The highest BCUT2D eigenvalue weighted by Gasteiger charge is 2.23. The summed E-state index contributed by atoms with van der Waals surface area (Å²) in [6, 6.07) is 11.1. The molecule has 4 rings (SSSR count). The number of hydrogen-bond donors (Lipinski definition) is 3. The number of rotatable bonds is 7. The molecule has 3 N–H and O–H groups in total. The van der Waals surface area contributed by atoms with Gasteiger partial charge in [-0.25, -0.2) is 0 Å². The molecular weight excluding hydrogens is 368 g/mol. The van der Waals surface area contributed by atoms with Crippen LogP contribution >= 0.6 is 11.8 Å². The van der Waals surface area contributed by atoms with Gasteiger partial charge in [-0.2, -0.15) is 4.98 Å². The van der Waals surface area contributed by atoms with E-state index in [1.165, 1.54) is 0 Å². The fraction of sp³-hybridized carbons (Fsp3) is 0.222. The third-order valence-electron chi connectivity index (χ3n) is 3.97. The first-order valence-corrected chi connectivity index (χ1v) is 9.35. The lowest BCUT2D eigenvalue weighted by atomic mass is 10.1. The zero-order valence-corrected chi connectivity index (χ0v) is 15.0. The maximum atomic E-state index is 12.0. The van der Waals surface area contributed by atoms with Gasteiger partial charge in [0.2, 0.25) is 5.16 Å². The number of nitrogens with one attached hydrogen (secondary N) is 2. The number of aliphatic carboxylic acids is 1. The Balaban J connectivity index is 1.45. The molecule has 9 heteroatoms. The summed E-state index contributed by atoms with van der Waals surface area (Å²) in [5.41, 5.74) is 1.46. The van der Waals surface area contributed by atoms with Crippen molar-refractivity contribution in [2.45, 2.75) is 24.0 Å². The summed E-state index contributed by atoms with van der Waals surface area (Å²) >= 11 is 1.03. The minimum absolute atomic E-state index is 0.0581. The average Bonchev–Trinajstić information content (AvgIpc) is 3.16. The molecule has 0 aliphatic heterocycles. The van der Waals surface area contributed by atoms with Crippen molar-refractivity contribution in [3.63, 3.8) is 0 Å². The number of H-pyrrole nitrogens is 1. The molecular formula is C18H16N4O4S. The van der Waals surface area contributed by atoms with Crippen LogP contribution in [0.25, 0.3) is 22.9 Å². The maximum Gasteiger partial charge on any atom is 0.313 e. The molecule has 3 aromatic rings. The number of thioether (sulfide) groups is 1. The van der Waals surface area contributed by atoms with Crippen LogP contribution in [-0.2, 0) is 4.79 Å². The topological polar surface area (TPSA) is 121 Å². The van der Waals surface area contributed by atoms with Gasteiger partial charge in [-0.15, -0.1) is 5.10 Å². The Kier molecular flexibility index (Phi) is 4.68. The molecule has 1 aromatic carbocycles. The quantitative estimate of drug-likeness (QED) is 0.536. The van der Waals surface area contributed by atoms with Gasteiger partial charge in [-0.1, -0.05) is 23.9 Å². The van der Waals surface area contributed by atoms with Gasteiger partial charge >= 0.3 is 5.97 Å². The summed E-state index contributed by atoms with van der Waals surface area (Å²) in [5, 5.41) is 18.7. The Morgan fingerprint density at radius 3 is 2.63 bits per heavy atom. The third-order valence-corrected chi connectivity index (χ3v) is 4.81. The van der Waals surface area contributed by atoms with Crippen molar-refractivity contribution in [3.8, 4) is 22.9 Å². The van der Waals surface area contributed by atoms with Crippen molar-refractivity contribution in [1.29, 1.82) is 0 Å². The van der Waals surface area contributed by atoms with Gasteiger partial charge in [-0.05, 0) is 37.1 Å². The first-order valence-electron chi connectivity index (χ1n) is 8.37. The summed E-state index contributed by atoms with van der Waals surface area (Å²) < 4.78 is 5.81. The third kappa shape index (κ3) is 4.20. The van der Waals surface area contributed by atoms with Crippen LogP contribution in [0.4, 0.5) is 0 Å². The smallest absolute Gasteiger partial charge is 0.313 e. The fourth-order valence-electron chi connectivity index (χ4n) is 2.45. The number of carbonyl (C=O) groups is 2. The van der Waals surface area contributed by atoms with Crippen molar-refractivity contribution < 1.29 is 19.1 Å². The molecule has 2 aromatic heterocycles. The lowest BCUT2D eigenvalue weighted by Gasteiger charge is -2.04.